The van der Waals surface area contributed by atoms with E-state index in [-0.39, 0.29) is 11.8 Å². The minimum Gasteiger partial charge on any atom is -0.355 e. The van der Waals surface area contributed by atoms with Gasteiger partial charge in [-0.25, -0.2) is 4.98 Å². The lowest BCUT2D eigenvalue weighted by atomic mass is 10.4. The second-order valence-electron chi connectivity index (χ2n) is 2.27. The first-order valence-electron chi connectivity index (χ1n) is 3.64. The maximum Gasteiger partial charge on any atom is 0.234 e. The molecule has 0 aromatic carbocycles. The van der Waals surface area contributed by atoms with Crippen LogP contribution < -0.4 is 5.32 Å². The predicted molar refractivity (Wildman–Crippen MR) is 46.0 cm³/mol. The number of halogens is 1. The van der Waals surface area contributed by atoms with Crippen molar-refractivity contribution in [2.24, 2.45) is 0 Å². The van der Waals surface area contributed by atoms with E-state index >= 15 is 0 Å². The molecule has 0 spiro atoms. The van der Waals surface area contributed by atoms with E-state index in [2.05, 4.69) is 15.3 Å². The van der Waals surface area contributed by atoms with E-state index in [9.17, 15) is 4.79 Å². The third-order valence-electron chi connectivity index (χ3n) is 1.36. The van der Waals surface area contributed by atoms with Crippen LogP contribution in [0.15, 0.2) is 12.4 Å². The first kappa shape index (κ1) is 9.06. The third-order valence-corrected chi connectivity index (χ3v) is 1.60. The average Bonchev–Trinajstić information content (AvgIpc) is 2.57. The fraction of sp³-hybridized carbons (Fsp3) is 0.429. The molecule has 0 atom stereocenters. The molecule has 0 radical (unpaired) electrons. The van der Waals surface area contributed by atoms with Gasteiger partial charge in [0.15, 0.2) is 0 Å². The number of H-pyrrole nitrogens is 1. The van der Waals surface area contributed by atoms with Gasteiger partial charge in [-0.1, -0.05) is 0 Å². The number of carbonyl (C=O) groups is 1. The van der Waals surface area contributed by atoms with Crippen molar-refractivity contribution >= 4 is 17.5 Å². The zero-order chi connectivity index (χ0) is 8.81. The van der Waals surface area contributed by atoms with Crippen LogP contribution in [0.5, 0.6) is 0 Å². The molecule has 1 rings (SSSR count). The summed E-state index contributed by atoms with van der Waals surface area (Å²) in [5.41, 5.74) is 0. The molecule has 5 heteroatoms. The fourth-order valence-electron chi connectivity index (χ4n) is 0.802. The second kappa shape index (κ2) is 4.77. The van der Waals surface area contributed by atoms with E-state index in [1.165, 1.54) is 0 Å². The summed E-state index contributed by atoms with van der Waals surface area (Å²) in [5.74, 6) is 0.728. The summed E-state index contributed by atoms with van der Waals surface area (Å²) in [7, 11) is 0. The molecular formula is C7H10ClN3O. The first-order chi connectivity index (χ1) is 5.83. The molecule has 1 amide bonds. The highest BCUT2D eigenvalue weighted by atomic mass is 35.5. The van der Waals surface area contributed by atoms with E-state index in [0.717, 1.165) is 5.82 Å². The molecule has 66 valence electrons. The van der Waals surface area contributed by atoms with E-state index in [1.807, 2.05) is 0 Å². The molecule has 0 fully saturated rings. The van der Waals surface area contributed by atoms with Gasteiger partial charge in [0.1, 0.15) is 11.7 Å². The van der Waals surface area contributed by atoms with Gasteiger partial charge < -0.3 is 10.3 Å². The Bertz CT molecular complexity index is 235. The van der Waals surface area contributed by atoms with Crippen molar-refractivity contribution in [2.45, 2.75) is 6.42 Å². The third kappa shape index (κ3) is 2.92. The molecule has 4 nitrogen and oxygen atoms in total. The number of carbonyl (C=O) groups excluding carboxylic acids is 1. The largest absolute Gasteiger partial charge is 0.355 e. The maximum absolute atomic E-state index is 10.7. The minimum absolute atomic E-state index is 0.0121. The number of imidazole rings is 1. The zero-order valence-corrected chi connectivity index (χ0v) is 7.27. The van der Waals surface area contributed by atoms with Crippen LogP contribution in [0.2, 0.25) is 0 Å². The van der Waals surface area contributed by atoms with Gasteiger partial charge in [-0.15, -0.1) is 11.6 Å². The Labute approximate surface area is 75.3 Å². The number of nitrogens with zero attached hydrogens (tertiary/aromatic N) is 1. The van der Waals surface area contributed by atoms with Crippen LogP contribution in [0.3, 0.4) is 0 Å². The van der Waals surface area contributed by atoms with Crippen LogP contribution in [0.1, 0.15) is 5.82 Å². The number of nitrogens with one attached hydrogen (secondary N) is 2. The first-order valence-corrected chi connectivity index (χ1v) is 4.17. The standard InChI is InChI=1S/C7H10ClN3O/c8-5-7(12)11-2-1-6-9-3-4-10-6/h3-4H,1-2,5H2,(H,9,10)(H,11,12). The van der Waals surface area contributed by atoms with Crippen molar-refractivity contribution in [2.75, 3.05) is 12.4 Å². The SMILES string of the molecule is O=C(CCl)NCCc1ncc[nH]1. The molecule has 0 saturated carbocycles. The van der Waals surface area contributed by atoms with Crippen molar-refractivity contribution < 1.29 is 4.79 Å². The van der Waals surface area contributed by atoms with Crippen LogP contribution >= 0.6 is 11.6 Å². The van der Waals surface area contributed by atoms with Gasteiger partial charge >= 0.3 is 0 Å². The molecule has 0 bridgehead atoms. The molecule has 0 saturated heterocycles. The van der Waals surface area contributed by atoms with Crippen LogP contribution in [-0.2, 0) is 11.2 Å². The van der Waals surface area contributed by atoms with E-state index < -0.39 is 0 Å². The Kier molecular flexibility index (Phi) is 3.60. The number of rotatable bonds is 4. The van der Waals surface area contributed by atoms with Crippen LogP contribution in [0, 0.1) is 0 Å². The lowest BCUT2D eigenvalue weighted by molar-refractivity contribution is -0.118. The normalized spacial score (nSPS) is 9.75. The van der Waals surface area contributed by atoms with E-state index in [0.29, 0.717) is 13.0 Å². The van der Waals surface area contributed by atoms with Gasteiger partial charge in [-0.2, -0.15) is 0 Å². The Morgan fingerprint density at radius 1 is 1.75 bits per heavy atom. The Hall–Kier alpha value is -1.03. The Morgan fingerprint density at radius 2 is 2.58 bits per heavy atom. The lowest BCUT2D eigenvalue weighted by Gasteiger charge is -1.99. The number of aromatic amines is 1. The predicted octanol–water partition coefficient (Wildman–Crippen LogP) is 0.307. The van der Waals surface area contributed by atoms with Gasteiger partial charge in [-0.05, 0) is 0 Å². The highest BCUT2D eigenvalue weighted by Crippen LogP contribution is 1.87. The molecule has 0 aliphatic carbocycles. The smallest absolute Gasteiger partial charge is 0.234 e. The summed E-state index contributed by atoms with van der Waals surface area (Å²) >= 11 is 5.28. The molecule has 0 aliphatic heterocycles. The molecule has 0 aliphatic rings. The molecule has 1 aromatic rings. The van der Waals surface area contributed by atoms with E-state index in [1.54, 1.807) is 12.4 Å². The highest BCUT2D eigenvalue weighted by Gasteiger charge is 1.98. The summed E-state index contributed by atoms with van der Waals surface area (Å²) in [6.07, 6.45) is 4.13. The topological polar surface area (TPSA) is 57.8 Å². The number of hydrogen-bond acceptors (Lipinski definition) is 2. The number of aromatic nitrogens is 2. The quantitative estimate of drug-likeness (QED) is 0.667. The van der Waals surface area contributed by atoms with Crippen molar-refractivity contribution in [3.8, 4) is 0 Å². The highest BCUT2D eigenvalue weighted by molar-refractivity contribution is 6.27. The van der Waals surface area contributed by atoms with Crippen molar-refractivity contribution in [1.29, 1.82) is 0 Å². The molecule has 1 aromatic heterocycles. The van der Waals surface area contributed by atoms with Gasteiger partial charge in [0, 0.05) is 25.4 Å². The summed E-state index contributed by atoms with van der Waals surface area (Å²) in [6.45, 7) is 0.569. The summed E-state index contributed by atoms with van der Waals surface area (Å²) in [4.78, 5) is 17.6. The zero-order valence-electron chi connectivity index (χ0n) is 6.51. The fourth-order valence-corrected chi connectivity index (χ4v) is 0.897. The van der Waals surface area contributed by atoms with Gasteiger partial charge in [-0.3, -0.25) is 4.79 Å². The maximum atomic E-state index is 10.7. The van der Waals surface area contributed by atoms with Crippen molar-refractivity contribution in [1.82, 2.24) is 15.3 Å². The summed E-state index contributed by atoms with van der Waals surface area (Å²) < 4.78 is 0. The second-order valence-corrected chi connectivity index (χ2v) is 2.54. The summed E-state index contributed by atoms with van der Waals surface area (Å²) in [6, 6.07) is 0. The van der Waals surface area contributed by atoms with Gasteiger partial charge in [0.25, 0.3) is 0 Å². The Balaban J connectivity index is 2.15. The number of hydrogen-bond donors (Lipinski definition) is 2. The van der Waals surface area contributed by atoms with Gasteiger partial charge in [0.2, 0.25) is 5.91 Å². The average molecular weight is 188 g/mol. The summed E-state index contributed by atoms with van der Waals surface area (Å²) in [5, 5.41) is 2.64. The molecule has 0 unspecified atom stereocenters. The van der Waals surface area contributed by atoms with Crippen molar-refractivity contribution in [3.63, 3.8) is 0 Å². The Morgan fingerprint density at radius 3 is 3.17 bits per heavy atom. The van der Waals surface area contributed by atoms with Gasteiger partial charge in [0.05, 0.1) is 0 Å². The minimum atomic E-state index is -0.150. The van der Waals surface area contributed by atoms with Crippen molar-refractivity contribution in [3.05, 3.63) is 18.2 Å². The van der Waals surface area contributed by atoms with Crippen LogP contribution in [-0.4, -0.2) is 28.3 Å². The molecule has 12 heavy (non-hydrogen) atoms. The van der Waals surface area contributed by atoms with Crippen LogP contribution in [0.4, 0.5) is 0 Å². The number of amides is 1. The van der Waals surface area contributed by atoms with Crippen LogP contribution in [0.25, 0.3) is 0 Å². The molecule has 2 N–H and O–H groups in total. The lowest BCUT2D eigenvalue weighted by Crippen LogP contribution is -2.26. The molecular weight excluding hydrogens is 178 g/mol. The number of alkyl halides is 1. The monoisotopic (exact) mass is 187 g/mol. The molecule has 1 heterocycles. The van der Waals surface area contributed by atoms with E-state index in [4.69, 9.17) is 11.6 Å².